The summed E-state index contributed by atoms with van der Waals surface area (Å²) in [7, 11) is -2.33. The molecule has 2 saturated carbocycles. The van der Waals surface area contributed by atoms with Crippen LogP contribution in [0.4, 0.5) is 0 Å². The van der Waals surface area contributed by atoms with E-state index in [1.807, 2.05) is 72.8 Å². The highest BCUT2D eigenvalue weighted by Gasteiger charge is 2.49. The lowest BCUT2D eigenvalue weighted by atomic mass is 9.64. The SMILES string of the molecule is C[C@H]1[C@H](/C=C/c2ccc(-c3ccccc3C#N)cn2)[C@H]([C@@H](CO)S(=O)(=O)N(C)[C@@H]2C[C@H](C)[C@@H](C)[C@H](/C=C/c3ccc(-c4ccccc4C#N)cn3)[C@@H]2CCO)CC[C@@H]1C. The maximum atomic E-state index is 14.9. The van der Waals surface area contributed by atoms with Crippen LogP contribution in [0.5, 0.6) is 0 Å². The minimum absolute atomic E-state index is 0.0274. The summed E-state index contributed by atoms with van der Waals surface area (Å²) in [6, 6.07) is 26.7. The fourth-order valence-corrected chi connectivity index (χ4v) is 11.8. The summed E-state index contributed by atoms with van der Waals surface area (Å²) in [5, 5.41) is 39.5. The van der Waals surface area contributed by atoms with E-state index in [0.717, 1.165) is 40.1 Å². The third kappa shape index (κ3) is 9.43. The average Bonchev–Trinajstić information content (AvgIpc) is 3.26. The van der Waals surface area contributed by atoms with Crippen LogP contribution in [-0.4, -0.2) is 64.5 Å². The molecule has 10 atom stereocenters. The molecule has 308 valence electrons. The molecule has 2 aliphatic rings. The first kappa shape index (κ1) is 43.6. The Morgan fingerprint density at radius 3 is 1.78 bits per heavy atom. The first-order valence-electron chi connectivity index (χ1n) is 20.9. The molecule has 2 aromatic carbocycles. The van der Waals surface area contributed by atoms with Crippen molar-refractivity contribution in [1.82, 2.24) is 14.3 Å². The summed E-state index contributed by atoms with van der Waals surface area (Å²) in [5.41, 5.74) is 6.00. The zero-order valence-electron chi connectivity index (χ0n) is 34.8. The zero-order chi connectivity index (χ0) is 42.3. The Hall–Kier alpha value is -4.97. The van der Waals surface area contributed by atoms with Gasteiger partial charge in [0.05, 0.1) is 41.3 Å². The third-order valence-electron chi connectivity index (χ3n) is 13.7. The highest BCUT2D eigenvalue weighted by atomic mass is 32.2. The highest BCUT2D eigenvalue weighted by molar-refractivity contribution is 7.89. The van der Waals surface area contributed by atoms with Crippen molar-refractivity contribution in [2.24, 2.45) is 47.3 Å². The molecule has 2 aliphatic carbocycles. The number of rotatable bonds is 13. The van der Waals surface area contributed by atoms with E-state index in [1.54, 1.807) is 35.9 Å². The number of pyridine rings is 2. The molecule has 2 fully saturated rings. The van der Waals surface area contributed by atoms with Gasteiger partial charge in [-0.25, -0.2) is 12.7 Å². The normalized spacial score (nSPS) is 26.8. The second-order valence-electron chi connectivity index (χ2n) is 16.8. The van der Waals surface area contributed by atoms with Gasteiger partial charge in [-0.05, 0) is 103 Å². The van der Waals surface area contributed by atoms with Crippen molar-refractivity contribution in [3.05, 3.63) is 120 Å². The van der Waals surface area contributed by atoms with Crippen LogP contribution >= 0.6 is 0 Å². The van der Waals surface area contributed by atoms with Crippen molar-refractivity contribution >= 4 is 22.2 Å². The van der Waals surface area contributed by atoms with Crippen molar-refractivity contribution in [2.45, 2.75) is 64.7 Å². The number of nitriles is 2. The molecule has 10 heteroatoms. The molecule has 0 unspecified atom stereocenters. The number of benzene rings is 2. The molecule has 0 aliphatic heterocycles. The Morgan fingerprint density at radius 1 is 0.763 bits per heavy atom. The van der Waals surface area contributed by atoms with E-state index in [4.69, 9.17) is 0 Å². The zero-order valence-corrected chi connectivity index (χ0v) is 35.6. The molecule has 0 saturated heterocycles. The van der Waals surface area contributed by atoms with Crippen molar-refractivity contribution in [2.75, 3.05) is 20.3 Å². The van der Waals surface area contributed by atoms with Gasteiger partial charge in [0.15, 0.2) is 0 Å². The van der Waals surface area contributed by atoms with Gasteiger partial charge < -0.3 is 10.2 Å². The van der Waals surface area contributed by atoms with Crippen LogP contribution in [0, 0.1) is 70.0 Å². The lowest BCUT2D eigenvalue weighted by Crippen LogP contribution is -2.55. The molecule has 6 rings (SSSR count). The van der Waals surface area contributed by atoms with Gasteiger partial charge in [-0.1, -0.05) is 94.8 Å². The van der Waals surface area contributed by atoms with Crippen molar-refractivity contribution in [3.8, 4) is 34.4 Å². The van der Waals surface area contributed by atoms with Crippen molar-refractivity contribution in [1.29, 1.82) is 10.5 Å². The number of aromatic nitrogens is 2. The Balaban J connectivity index is 1.24. The minimum Gasteiger partial charge on any atom is -0.396 e. The van der Waals surface area contributed by atoms with Crippen LogP contribution < -0.4 is 0 Å². The molecule has 0 bridgehead atoms. The first-order valence-corrected chi connectivity index (χ1v) is 22.4. The molecule has 0 spiro atoms. The average molecular weight is 812 g/mol. The molecule has 2 heterocycles. The van der Waals surface area contributed by atoms with Crippen molar-refractivity contribution in [3.63, 3.8) is 0 Å². The van der Waals surface area contributed by atoms with Gasteiger partial charge in [-0.3, -0.25) is 9.97 Å². The van der Waals surface area contributed by atoms with E-state index in [2.05, 4.69) is 62.0 Å². The van der Waals surface area contributed by atoms with Crippen LogP contribution in [0.1, 0.15) is 75.9 Å². The fraction of sp³-hybridized carbons (Fsp3) is 0.429. The Kier molecular flexibility index (Phi) is 14.3. The van der Waals surface area contributed by atoms with Crippen LogP contribution in [0.3, 0.4) is 0 Å². The van der Waals surface area contributed by atoms with Gasteiger partial charge in [0.2, 0.25) is 10.0 Å². The van der Waals surface area contributed by atoms with Crippen LogP contribution in [0.15, 0.2) is 97.3 Å². The summed E-state index contributed by atoms with van der Waals surface area (Å²) in [6.07, 6.45) is 14.3. The smallest absolute Gasteiger partial charge is 0.219 e. The number of aliphatic hydroxyl groups is 2. The van der Waals surface area contributed by atoms with E-state index < -0.39 is 21.9 Å². The third-order valence-corrected chi connectivity index (χ3v) is 16.0. The Morgan fingerprint density at radius 2 is 1.29 bits per heavy atom. The molecule has 4 aromatic rings. The number of hydrogen-bond donors (Lipinski definition) is 2. The maximum Gasteiger partial charge on any atom is 0.219 e. The van der Waals surface area contributed by atoms with Crippen LogP contribution in [-0.2, 0) is 10.0 Å². The van der Waals surface area contributed by atoms with Gasteiger partial charge in [-0.15, -0.1) is 0 Å². The van der Waals surface area contributed by atoms with Gasteiger partial charge in [0.25, 0.3) is 0 Å². The number of sulfonamides is 1. The first-order chi connectivity index (χ1) is 28.4. The number of hydrogen-bond acceptors (Lipinski definition) is 8. The number of aliphatic hydroxyl groups excluding tert-OH is 2. The lowest BCUT2D eigenvalue weighted by molar-refractivity contribution is 0.0548. The fourth-order valence-electron chi connectivity index (χ4n) is 9.76. The molecule has 9 nitrogen and oxygen atoms in total. The molecule has 59 heavy (non-hydrogen) atoms. The minimum atomic E-state index is -4.00. The molecule has 2 N–H and O–H groups in total. The molecular formula is C49H57N5O4S. The topological polar surface area (TPSA) is 151 Å². The molecule has 2 aromatic heterocycles. The number of allylic oxidation sites excluding steroid dienone is 2. The lowest BCUT2D eigenvalue weighted by Gasteiger charge is -2.49. The Labute approximate surface area is 350 Å². The standard InChI is InChI=1S/C49H57N5O4S/c1-32-14-21-47(43(34(32)3)23-20-41-18-16-39(30-53-41)45-13-9-7-11-37(45)28-51)49(31-56)59(57,58)54(5)48-26-33(2)35(4)42(46(48)24-25-55)22-19-40-17-15-38(29-52-40)44-12-8-6-10-36(44)27-50/h6-13,15-20,22-23,29-30,32-35,42-43,46-49,55-56H,14,21,24-26,31H2,1-5H3/b22-19+,23-20+/t32-,33-,34+,35+,42-,43-,46-,47+,48+,49+/m0/s1. The van der Waals surface area contributed by atoms with E-state index in [1.165, 1.54) is 0 Å². The summed E-state index contributed by atoms with van der Waals surface area (Å²) in [5.74, 6) is 0.380. The van der Waals surface area contributed by atoms with Gasteiger partial charge in [-0.2, -0.15) is 10.5 Å². The van der Waals surface area contributed by atoms with Crippen LogP contribution in [0.2, 0.25) is 0 Å². The second kappa shape index (κ2) is 19.4. The van der Waals surface area contributed by atoms with Gasteiger partial charge in [0.1, 0.15) is 5.25 Å². The predicted molar refractivity (Wildman–Crippen MR) is 234 cm³/mol. The van der Waals surface area contributed by atoms with Crippen molar-refractivity contribution < 1.29 is 18.6 Å². The van der Waals surface area contributed by atoms with Gasteiger partial charge in [0, 0.05) is 54.3 Å². The molecular weight excluding hydrogens is 755 g/mol. The van der Waals surface area contributed by atoms with E-state index in [0.29, 0.717) is 36.3 Å². The molecule has 0 amide bonds. The van der Waals surface area contributed by atoms with Gasteiger partial charge >= 0.3 is 0 Å². The highest BCUT2D eigenvalue weighted by Crippen LogP contribution is 2.47. The van der Waals surface area contributed by atoms with E-state index in [-0.39, 0.29) is 54.1 Å². The Bertz CT molecular complexity index is 2300. The number of nitrogens with zero attached hydrogens (tertiary/aromatic N) is 5. The van der Waals surface area contributed by atoms with E-state index in [9.17, 15) is 29.2 Å². The summed E-state index contributed by atoms with van der Waals surface area (Å²) >= 11 is 0. The molecule has 0 radical (unpaired) electrons. The van der Waals surface area contributed by atoms with E-state index >= 15 is 0 Å². The largest absolute Gasteiger partial charge is 0.396 e. The second-order valence-corrected chi connectivity index (χ2v) is 19.0. The monoisotopic (exact) mass is 811 g/mol. The summed E-state index contributed by atoms with van der Waals surface area (Å²) in [4.78, 5) is 9.36. The quantitative estimate of drug-likeness (QED) is 0.136. The maximum absolute atomic E-state index is 14.9. The van der Waals surface area contributed by atoms with Crippen LogP contribution in [0.25, 0.3) is 34.4 Å². The predicted octanol–water partition coefficient (Wildman–Crippen LogP) is 8.86. The summed E-state index contributed by atoms with van der Waals surface area (Å²) < 4.78 is 31.4. The summed E-state index contributed by atoms with van der Waals surface area (Å²) in [6.45, 7) is 8.21.